The van der Waals surface area contributed by atoms with E-state index in [4.69, 9.17) is 4.74 Å². The van der Waals surface area contributed by atoms with Gasteiger partial charge in [0.25, 0.3) is 0 Å². The monoisotopic (exact) mass is 214 g/mol. The molecule has 0 N–H and O–H groups in total. The lowest BCUT2D eigenvalue weighted by atomic mass is 9.71. The maximum absolute atomic E-state index is 11.6. The van der Waals surface area contributed by atoms with E-state index in [9.17, 15) is 4.79 Å². The van der Waals surface area contributed by atoms with Gasteiger partial charge in [0, 0.05) is 5.57 Å². The van der Waals surface area contributed by atoms with E-state index in [-0.39, 0.29) is 17.5 Å². The fourth-order valence-corrected chi connectivity index (χ4v) is 2.96. The number of hydrogen-bond donors (Lipinski definition) is 0. The molecule has 1 aliphatic heterocycles. The molecule has 2 heteroatoms. The molecule has 1 aliphatic carbocycles. The number of esters is 1. The van der Waals surface area contributed by atoms with Crippen molar-refractivity contribution in [1.29, 1.82) is 0 Å². The molecule has 0 aromatic heterocycles. The Hall–Kier alpha value is -1.57. The normalized spacial score (nSPS) is 31.9. The Bertz CT molecular complexity index is 489. The second-order valence-corrected chi connectivity index (χ2v) is 4.86. The zero-order valence-electron chi connectivity index (χ0n) is 9.32. The first-order valence-electron chi connectivity index (χ1n) is 5.62. The maximum atomic E-state index is 11.6. The third-order valence-corrected chi connectivity index (χ3v) is 3.80. The Morgan fingerprint density at radius 2 is 2.19 bits per heavy atom. The summed E-state index contributed by atoms with van der Waals surface area (Å²) in [6, 6.07) is 8.28. The topological polar surface area (TPSA) is 26.3 Å². The zero-order valence-corrected chi connectivity index (χ0v) is 9.32. The SMILES string of the molecule is C=C1C(=O)O[C@]2(C)CCc3ccccc3[C@H]12. The molecule has 1 aromatic rings. The molecule has 1 fully saturated rings. The summed E-state index contributed by atoms with van der Waals surface area (Å²) in [7, 11) is 0. The lowest BCUT2D eigenvalue weighted by Crippen LogP contribution is -2.35. The molecule has 0 spiro atoms. The first-order chi connectivity index (χ1) is 7.62. The summed E-state index contributed by atoms with van der Waals surface area (Å²) < 4.78 is 5.48. The van der Waals surface area contributed by atoms with Gasteiger partial charge in [-0.1, -0.05) is 30.8 Å². The van der Waals surface area contributed by atoms with Crippen molar-refractivity contribution in [2.24, 2.45) is 0 Å². The second-order valence-electron chi connectivity index (χ2n) is 4.86. The zero-order chi connectivity index (χ0) is 11.3. The fourth-order valence-electron chi connectivity index (χ4n) is 2.96. The van der Waals surface area contributed by atoms with Gasteiger partial charge in [0.1, 0.15) is 5.60 Å². The van der Waals surface area contributed by atoms with Gasteiger partial charge in [0.05, 0.1) is 5.92 Å². The van der Waals surface area contributed by atoms with Crippen LogP contribution in [-0.4, -0.2) is 11.6 Å². The second kappa shape index (κ2) is 2.97. The predicted molar refractivity (Wildman–Crippen MR) is 61.1 cm³/mol. The van der Waals surface area contributed by atoms with Crippen molar-refractivity contribution >= 4 is 5.97 Å². The summed E-state index contributed by atoms with van der Waals surface area (Å²) in [4.78, 5) is 11.6. The van der Waals surface area contributed by atoms with Crippen LogP contribution in [-0.2, 0) is 16.0 Å². The number of rotatable bonds is 0. The van der Waals surface area contributed by atoms with E-state index in [1.807, 2.05) is 19.1 Å². The van der Waals surface area contributed by atoms with Crippen LogP contribution in [0.4, 0.5) is 0 Å². The minimum absolute atomic E-state index is 0.0462. The molecule has 82 valence electrons. The summed E-state index contributed by atoms with van der Waals surface area (Å²) in [5, 5.41) is 0. The van der Waals surface area contributed by atoms with E-state index < -0.39 is 0 Å². The van der Waals surface area contributed by atoms with Crippen LogP contribution in [0.15, 0.2) is 36.4 Å². The Balaban J connectivity index is 2.18. The molecule has 0 unspecified atom stereocenters. The summed E-state index contributed by atoms with van der Waals surface area (Å²) >= 11 is 0. The number of carbonyl (C=O) groups excluding carboxylic acids is 1. The van der Waals surface area contributed by atoms with Gasteiger partial charge in [-0.25, -0.2) is 4.79 Å². The molecule has 0 bridgehead atoms. The first kappa shape index (κ1) is 9.64. The van der Waals surface area contributed by atoms with Crippen LogP contribution >= 0.6 is 0 Å². The number of hydrogen-bond acceptors (Lipinski definition) is 2. The van der Waals surface area contributed by atoms with E-state index in [1.54, 1.807) is 0 Å². The Morgan fingerprint density at radius 3 is 3.00 bits per heavy atom. The minimum atomic E-state index is -0.372. The highest BCUT2D eigenvalue weighted by atomic mass is 16.6. The molecule has 3 rings (SSSR count). The maximum Gasteiger partial charge on any atom is 0.334 e. The minimum Gasteiger partial charge on any atom is -0.455 e. The number of benzene rings is 1. The smallest absolute Gasteiger partial charge is 0.334 e. The number of aryl methyl sites for hydroxylation is 1. The number of carbonyl (C=O) groups is 1. The standard InChI is InChI=1S/C14H14O2/c1-9-12-11-6-4-3-5-10(11)7-8-14(12,2)16-13(9)15/h3-6,12H,1,7-8H2,2H3/t12-,14+/m0/s1. The summed E-state index contributed by atoms with van der Waals surface area (Å²) in [6.07, 6.45) is 1.86. The van der Waals surface area contributed by atoms with Gasteiger partial charge < -0.3 is 4.74 Å². The third kappa shape index (κ3) is 1.10. The van der Waals surface area contributed by atoms with Crippen LogP contribution in [0.3, 0.4) is 0 Å². The summed E-state index contributed by atoms with van der Waals surface area (Å²) in [5.74, 6) is -0.186. The summed E-state index contributed by atoms with van der Waals surface area (Å²) in [5.41, 5.74) is 2.77. The van der Waals surface area contributed by atoms with Crippen LogP contribution in [0.2, 0.25) is 0 Å². The van der Waals surface area contributed by atoms with Gasteiger partial charge in [0.2, 0.25) is 0 Å². The Morgan fingerprint density at radius 1 is 1.44 bits per heavy atom. The molecule has 0 saturated carbocycles. The van der Waals surface area contributed by atoms with Crippen LogP contribution < -0.4 is 0 Å². The Kier molecular flexibility index (Phi) is 1.79. The molecule has 0 amide bonds. The molecule has 1 heterocycles. The van der Waals surface area contributed by atoms with E-state index in [0.29, 0.717) is 5.57 Å². The Labute approximate surface area is 94.9 Å². The van der Waals surface area contributed by atoms with Crippen molar-refractivity contribution in [2.75, 3.05) is 0 Å². The van der Waals surface area contributed by atoms with Crippen LogP contribution in [0.5, 0.6) is 0 Å². The highest BCUT2D eigenvalue weighted by molar-refractivity contribution is 5.93. The van der Waals surface area contributed by atoms with Crippen molar-refractivity contribution in [1.82, 2.24) is 0 Å². The lowest BCUT2D eigenvalue weighted by molar-refractivity contribution is -0.146. The van der Waals surface area contributed by atoms with Crippen molar-refractivity contribution in [3.63, 3.8) is 0 Å². The largest absolute Gasteiger partial charge is 0.455 e. The molecule has 1 saturated heterocycles. The quantitative estimate of drug-likeness (QED) is 0.490. The van der Waals surface area contributed by atoms with Gasteiger partial charge >= 0.3 is 5.97 Å². The highest BCUT2D eigenvalue weighted by Crippen LogP contribution is 2.49. The van der Waals surface area contributed by atoms with Gasteiger partial charge in [-0.3, -0.25) is 0 Å². The van der Waals surface area contributed by atoms with Gasteiger partial charge in [-0.2, -0.15) is 0 Å². The predicted octanol–water partition coefficient (Wildman–Crippen LogP) is 2.59. The van der Waals surface area contributed by atoms with E-state index in [1.165, 1.54) is 11.1 Å². The van der Waals surface area contributed by atoms with Crippen LogP contribution in [0.25, 0.3) is 0 Å². The van der Waals surface area contributed by atoms with E-state index >= 15 is 0 Å². The average molecular weight is 214 g/mol. The molecule has 2 atom stereocenters. The highest BCUT2D eigenvalue weighted by Gasteiger charge is 2.51. The van der Waals surface area contributed by atoms with E-state index in [2.05, 4.69) is 18.7 Å². The van der Waals surface area contributed by atoms with Crippen LogP contribution in [0, 0.1) is 0 Å². The molecular weight excluding hydrogens is 200 g/mol. The summed E-state index contributed by atoms with van der Waals surface area (Å²) in [6.45, 7) is 5.91. The fraction of sp³-hybridized carbons (Fsp3) is 0.357. The first-order valence-corrected chi connectivity index (χ1v) is 5.62. The molecule has 1 aromatic carbocycles. The lowest BCUT2D eigenvalue weighted by Gasteiger charge is -2.35. The third-order valence-electron chi connectivity index (χ3n) is 3.80. The van der Waals surface area contributed by atoms with Crippen molar-refractivity contribution in [2.45, 2.75) is 31.3 Å². The van der Waals surface area contributed by atoms with Crippen LogP contribution in [0.1, 0.15) is 30.4 Å². The van der Waals surface area contributed by atoms with Gasteiger partial charge in [-0.05, 0) is 30.9 Å². The van der Waals surface area contributed by atoms with Gasteiger partial charge in [0.15, 0.2) is 0 Å². The van der Waals surface area contributed by atoms with E-state index in [0.717, 1.165) is 12.8 Å². The van der Waals surface area contributed by atoms with Gasteiger partial charge in [-0.15, -0.1) is 0 Å². The molecule has 2 nitrogen and oxygen atoms in total. The van der Waals surface area contributed by atoms with Crippen molar-refractivity contribution in [3.8, 4) is 0 Å². The average Bonchev–Trinajstić information content (AvgIpc) is 2.50. The molecule has 2 aliphatic rings. The van der Waals surface area contributed by atoms with Crippen molar-refractivity contribution < 1.29 is 9.53 Å². The van der Waals surface area contributed by atoms with Crippen molar-refractivity contribution in [3.05, 3.63) is 47.5 Å². The molecule has 0 radical (unpaired) electrons. The number of fused-ring (bicyclic) bond motifs is 3. The molecular formula is C14H14O2. The molecule has 16 heavy (non-hydrogen) atoms. The number of ether oxygens (including phenoxy) is 1.